The zero-order valence-corrected chi connectivity index (χ0v) is 22.4. The van der Waals surface area contributed by atoms with Crippen LogP contribution in [0.3, 0.4) is 0 Å². The predicted octanol–water partition coefficient (Wildman–Crippen LogP) is 5.05. The van der Waals surface area contributed by atoms with Gasteiger partial charge in [-0.1, -0.05) is 81.3 Å². The van der Waals surface area contributed by atoms with Crippen molar-refractivity contribution in [3.63, 3.8) is 0 Å². The van der Waals surface area contributed by atoms with Crippen LogP contribution in [0.2, 0.25) is 0 Å². The average molecular weight is 511 g/mol. The fraction of sp³-hybridized carbons (Fsp3) is 0.533. The first-order chi connectivity index (χ1) is 17.9. The van der Waals surface area contributed by atoms with Crippen LogP contribution < -0.4 is 5.32 Å². The second-order valence-corrected chi connectivity index (χ2v) is 10.3. The molecule has 1 aliphatic carbocycles. The Labute approximate surface area is 221 Å². The fourth-order valence-corrected chi connectivity index (χ4v) is 4.90. The Bertz CT molecular complexity index is 964. The van der Waals surface area contributed by atoms with Gasteiger partial charge in [0.2, 0.25) is 5.91 Å². The zero-order valence-electron chi connectivity index (χ0n) is 22.4. The second kappa shape index (κ2) is 14.7. The van der Waals surface area contributed by atoms with E-state index < -0.39 is 6.04 Å². The highest BCUT2D eigenvalue weighted by atomic mass is 16.6. The lowest BCUT2D eigenvalue weighted by atomic mass is 9.74. The van der Waals surface area contributed by atoms with Crippen LogP contribution in [0.4, 0.5) is 4.79 Å². The number of benzene rings is 2. The molecular weight excluding hydrogens is 468 g/mol. The van der Waals surface area contributed by atoms with Gasteiger partial charge in [0, 0.05) is 26.1 Å². The van der Waals surface area contributed by atoms with Crippen LogP contribution in [0.15, 0.2) is 54.6 Å². The number of rotatable bonds is 12. The van der Waals surface area contributed by atoms with Crippen molar-refractivity contribution in [1.29, 1.82) is 0 Å². The molecule has 0 bridgehead atoms. The number of aliphatic hydroxyl groups excluding tert-OH is 1. The number of nitrogens with one attached hydrogen (secondary N) is 1. The molecule has 1 saturated carbocycles. The van der Waals surface area contributed by atoms with Crippen LogP contribution in [0.5, 0.6) is 0 Å². The van der Waals surface area contributed by atoms with Crippen LogP contribution in [0.25, 0.3) is 0 Å². The number of aliphatic hydroxyl groups is 1. The molecule has 2 N–H and O–H groups in total. The summed E-state index contributed by atoms with van der Waals surface area (Å²) in [5, 5.41) is 13.0. The highest BCUT2D eigenvalue weighted by Gasteiger charge is 2.33. The normalized spacial score (nSPS) is 18.3. The van der Waals surface area contributed by atoms with Crippen LogP contribution in [0.1, 0.15) is 68.2 Å². The summed E-state index contributed by atoms with van der Waals surface area (Å²) >= 11 is 0. The van der Waals surface area contributed by atoms with Gasteiger partial charge < -0.3 is 24.8 Å². The molecule has 202 valence electrons. The number of nitrogens with zero attached hydrogens (tertiary/aromatic N) is 1. The van der Waals surface area contributed by atoms with E-state index in [-0.39, 0.29) is 36.4 Å². The second-order valence-electron chi connectivity index (χ2n) is 10.3. The SMILES string of the molecule is COCCN(Cc1ccc(C2CCCCC2C(=O)NC(CO)c2ccccc2)cc1)C(=O)OCC(C)C. The molecule has 2 aromatic rings. The van der Waals surface area contributed by atoms with E-state index in [0.717, 1.165) is 42.4 Å². The van der Waals surface area contributed by atoms with Crippen molar-refractivity contribution in [3.8, 4) is 0 Å². The van der Waals surface area contributed by atoms with Gasteiger partial charge in [-0.25, -0.2) is 4.79 Å². The summed E-state index contributed by atoms with van der Waals surface area (Å²) in [6.45, 7) is 5.59. The van der Waals surface area contributed by atoms with Crippen molar-refractivity contribution in [2.45, 2.75) is 58.0 Å². The van der Waals surface area contributed by atoms with Gasteiger partial charge in [0.1, 0.15) is 0 Å². The van der Waals surface area contributed by atoms with Gasteiger partial charge in [-0.05, 0) is 41.4 Å². The van der Waals surface area contributed by atoms with Crippen molar-refractivity contribution in [3.05, 3.63) is 71.3 Å². The molecule has 0 spiro atoms. The molecule has 3 unspecified atom stereocenters. The summed E-state index contributed by atoms with van der Waals surface area (Å²) in [6, 6.07) is 17.4. The van der Waals surface area contributed by atoms with Gasteiger partial charge in [-0.15, -0.1) is 0 Å². The summed E-state index contributed by atoms with van der Waals surface area (Å²) in [7, 11) is 1.62. The van der Waals surface area contributed by atoms with Crippen molar-refractivity contribution < 1.29 is 24.2 Å². The predicted molar refractivity (Wildman–Crippen MR) is 144 cm³/mol. The number of carbonyl (C=O) groups is 2. The van der Waals surface area contributed by atoms with Crippen molar-refractivity contribution in [2.75, 3.05) is 33.5 Å². The molecule has 3 rings (SSSR count). The van der Waals surface area contributed by atoms with Crippen molar-refractivity contribution in [1.82, 2.24) is 10.2 Å². The first-order valence-electron chi connectivity index (χ1n) is 13.4. The van der Waals surface area contributed by atoms with Gasteiger partial charge in [0.05, 0.1) is 25.9 Å². The third kappa shape index (κ3) is 8.58. The van der Waals surface area contributed by atoms with Gasteiger partial charge >= 0.3 is 6.09 Å². The molecule has 0 aromatic heterocycles. The molecule has 2 aromatic carbocycles. The zero-order chi connectivity index (χ0) is 26.6. The van der Waals surface area contributed by atoms with E-state index in [4.69, 9.17) is 9.47 Å². The van der Waals surface area contributed by atoms with Gasteiger partial charge in [0.25, 0.3) is 0 Å². The number of carbonyl (C=O) groups excluding carboxylic acids is 2. The molecule has 7 nitrogen and oxygen atoms in total. The number of hydrogen-bond acceptors (Lipinski definition) is 5. The third-order valence-electron chi connectivity index (χ3n) is 6.95. The number of methoxy groups -OCH3 is 1. The molecule has 0 heterocycles. The first kappa shape index (κ1) is 28.7. The Hall–Kier alpha value is -2.90. The van der Waals surface area contributed by atoms with E-state index >= 15 is 0 Å². The van der Waals surface area contributed by atoms with Gasteiger partial charge in [-0.2, -0.15) is 0 Å². The molecule has 1 aliphatic rings. The maximum Gasteiger partial charge on any atom is 0.410 e. The molecule has 0 saturated heterocycles. The topological polar surface area (TPSA) is 88.1 Å². The molecule has 0 aliphatic heterocycles. The monoisotopic (exact) mass is 510 g/mol. The van der Waals surface area contributed by atoms with Crippen LogP contribution >= 0.6 is 0 Å². The Morgan fingerprint density at radius 2 is 1.76 bits per heavy atom. The highest BCUT2D eigenvalue weighted by molar-refractivity contribution is 5.80. The average Bonchev–Trinajstić information content (AvgIpc) is 2.93. The molecular formula is C30H42N2O5. The van der Waals surface area contributed by atoms with E-state index in [0.29, 0.717) is 26.3 Å². The van der Waals surface area contributed by atoms with Crippen LogP contribution in [0, 0.1) is 11.8 Å². The number of hydrogen-bond donors (Lipinski definition) is 2. The minimum atomic E-state index is -0.410. The summed E-state index contributed by atoms with van der Waals surface area (Å²) in [5.74, 6) is 0.254. The molecule has 0 radical (unpaired) electrons. The van der Waals surface area contributed by atoms with Gasteiger partial charge in [0.15, 0.2) is 0 Å². The molecule has 3 atom stereocenters. The highest BCUT2D eigenvalue weighted by Crippen LogP contribution is 2.38. The fourth-order valence-electron chi connectivity index (χ4n) is 4.90. The van der Waals surface area contributed by atoms with E-state index in [1.54, 1.807) is 12.0 Å². The van der Waals surface area contributed by atoms with E-state index in [9.17, 15) is 14.7 Å². The number of ether oxygens (including phenoxy) is 2. The Kier molecular flexibility index (Phi) is 11.4. The Morgan fingerprint density at radius 3 is 2.41 bits per heavy atom. The standard InChI is InChI=1S/C30H42N2O5/c1-22(2)21-37-30(35)32(17-18-36-3)19-23-13-15-24(16-14-23)26-11-7-8-12-27(26)29(34)31-28(20-33)25-9-5-4-6-10-25/h4-6,9-10,13-16,22,26-28,33H,7-8,11-12,17-21H2,1-3H3,(H,31,34). The van der Waals surface area contributed by atoms with Crippen LogP contribution in [-0.2, 0) is 20.8 Å². The maximum absolute atomic E-state index is 13.3. The first-order valence-corrected chi connectivity index (χ1v) is 13.4. The lowest BCUT2D eigenvalue weighted by Gasteiger charge is -2.32. The smallest absolute Gasteiger partial charge is 0.410 e. The van der Waals surface area contributed by atoms with Gasteiger partial charge in [-0.3, -0.25) is 4.79 Å². The van der Waals surface area contributed by atoms with E-state index in [1.807, 2.05) is 56.3 Å². The summed E-state index contributed by atoms with van der Waals surface area (Å²) in [6.07, 6.45) is 3.56. The lowest BCUT2D eigenvalue weighted by molar-refractivity contribution is -0.127. The summed E-state index contributed by atoms with van der Waals surface area (Å²) < 4.78 is 10.6. The minimum Gasteiger partial charge on any atom is -0.449 e. The molecule has 37 heavy (non-hydrogen) atoms. The molecule has 7 heteroatoms. The lowest BCUT2D eigenvalue weighted by Crippen LogP contribution is -2.39. The largest absolute Gasteiger partial charge is 0.449 e. The van der Waals surface area contributed by atoms with E-state index in [2.05, 4.69) is 17.4 Å². The van der Waals surface area contributed by atoms with Crippen molar-refractivity contribution >= 4 is 12.0 Å². The quantitative estimate of drug-likeness (QED) is 0.417. The third-order valence-corrected chi connectivity index (χ3v) is 6.95. The Balaban J connectivity index is 1.68. The minimum absolute atomic E-state index is 0.00433. The molecule has 1 fully saturated rings. The van der Waals surface area contributed by atoms with Crippen molar-refractivity contribution in [2.24, 2.45) is 11.8 Å². The summed E-state index contributed by atoms with van der Waals surface area (Å²) in [4.78, 5) is 27.6. The Morgan fingerprint density at radius 1 is 1.05 bits per heavy atom. The van der Waals surface area contributed by atoms with Crippen LogP contribution in [-0.4, -0.2) is 55.5 Å². The van der Waals surface area contributed by atoms with E-state index in [1.165, 1.54) is 0 Å². The molecule has 2 amide bonds. The summed E-state index contributed by atoms with van der Waals surface area (Å²) in [5.41, 5.74) is 3.04. The maximum atomic E-state index is 13.3. The number of amides is 2.